The highest BCUT2D eigenvalue weighted by molar-refractivity contribution is 5.95. The molecule has 0 aromatic heterocycles. The number of carbonyl (C=O) groups is 2. The molecule has 2 aromatic carbocycles. The number of methoxy groups -OCH3 is 1. The monoisotopic (exact) mass is 490 g/mol. The summed E-state index contributed by atoms with van der Waals surface area (Å²) >= 11 is 0. The van der Waals surface area contributed by atoms with Gasteiger partial charge in [0.2, 0.25) is 0 Å². The lowest BCUT2D eigenvalue weighted by Gasteiger charge is -2.36. The minimum absolute atomic E-state index is 0.0301. The van der Waals surface area contributed by atoms with Crippen molar-refractivity contribution in [3.05, 3.63) is 64.2 Å². The Balaban J connectivity index is 1.92. The van der Waals surface area contributed by atoms with E-state index in [1.165, 1.54) is 23.1 Å². The van der Waals surface area contributed by atoms with Crippen LogP contribution < -0.4 is 5.32 Å². The van der Waals surface area contributed by atoms with Crippen LogP contribution in [0, 0.1) is 0 Å². The lowest BCUT2D eigenvalue weighted by molar-refractivity contribution is -0.143. The third-order valence-corrected chi connectivity index (χ3v) is 5.38. The molecule has 0 saturated carbocycles. The van der Waals surface area contributed by atoms with Crippen molar-refractivity contribution in [3.8, 4) is 5.75 Å². The van der Waals surface area contributed by atoms with Crippen molar-refractivity contribution in [2.75, 3.05) is 26.7 Å². The minimum Gasteiger partial charge on any atom is -0.507 e. The Morgan fingerprint density at radius 1 is 1.06 bits per heavy atom. The second kappa shape index (κ2) is 9.53. The van der Waals surface area contributed by atoms with E-state index in [1.807, 2.05) is 0 Å². The standard InChI is InChI=1S/C22H20F6N2O4/c1-34-20(33)17-3-2-12(7-18(17)31)6-16-11-29-4-5-30(16)19(32)13-8-14(21(23,24)25)10-15(9-13)22(26,27)28/h2-3,7-10,16,29,31H,4-6,11H2,1H3/t16-/m1/s1. The number of carbonyl (C=O) groups excluding carboxylic acids is 2. The minimum atomic E-state index is -5.07. The summed E-state index contributed by atoms with van der Waals surface area (Å²) in [6.07, 6.45) is -10.0. The van der Waals surface area contributed by atoms with Crippen molar-refractivity contribution in [2.45, 2.75) is 24.8 Å². The summed E-state index contributed by atoms with van der Waals surface area (Å²) in [5.74, 6) is -2.10. The Hall–Kier alpha value is -3.28. The normalized spacial score (nSPS) is 16.9. The molecule has 0 unspecified atom stereocenters. The number of benzene rings is 2. The average molecular weight is 490 g/mol. The van der Waals surface area contributed by atoms with E-state index in [4.69, 9.17) is 0 Å². The highest BCUT2D eigenvalue weighted by Crippen LogP contribution is 2.36. The van der Waals surface area contributed by atoms with Crippen molar-refractivity contribution in [1.29, 1.82) is 0 Å². The van der Waals surface area contributed by atoms with Crippen molar-refractivity contribution >= 4 is 11.9 Å². The fourth-order valence-electron chi connectivity index (χ4n) is 3.71. The van der Waals surface area contributed by atoms with E-state index in [9.17, 15) is 41.0 Å². The molecule has 0 aliphatic carbocycles. The summed E-state index contributed by atoms with van der Waals surface area (Å²) in [4.78, 5) is 25.9. The lowest BCUT2D eigenvalue weighted by Crippen LogP contribution is -2.54. The number of piperazine rings is 1. The lowest BCUT2D eigenvalue weighted by atomic mass is 9.99. The van der Waals surface area contributed by atoms with E-state index in [0.29, 0.717) is 24.2 Å². The molecule has 2 N–H and O–H groups in total. The van der Waals surface area contributed by atoms with E-state index in [2.05, 4.69) is 10.1 Å². The summed E-state index contributed by atoms with van der Waals surface area (Å²) in [5.41, 5.74) is -3.44. The van der Waals surface area contributed by atoms with Crippen LogP contribution in [0.5, 0.6) is 5.75 Å². The van der Waals surface area contributed by atoms with Gasteiger partial charge in [0.05, 0.1) is 18.2 Å². The van der Waals surface area contributed by atoms with Crippen LogP contribution in [0.3, 0.4) is 0 Å². The maximum absolute atomic E-state index is 13.2. The summed E-state index contributed by atoms with van der Waals surface area (Å²) in [7, 11) is 1.14. The Bertz CT molecular complexity index is 1050. The van der Waals surface area contributed by atoms with Crippen LogP contribution in [0.1, 0.15) is 37.4 Å². The van der Waals surface area contributed by atoms with Gasteiger partial charge >= 0.3 is 18.3 Å². The van der Waals surface area contributed by atoms with Crippen LogP contribution in [0.15, 0.2) is 36.4 Å². The largest absolute Gasteiger partial charge is 0.507 e. The van der Waals surface area contributed by atoms with Gasteiger partial charge in [0, 0.05) is 31.2 Å². The highest BCUT2D eigenvalue weighted by atomic mass is 19.4. The molecule has 1 saturated heterocycles. The summed E-state index contributed by atoms with van der Waals surface area (Å²) in [6, 6.07) is 4.28. The quantitative estimate of drug-likeness (QED) is 0.503. The van der Waals surface area contributed by atoms with Crippen LogP contribution in [-0.2, 0) is 23.5 Å². The van der Waals surface area contributed by atoms with Gasteiger partial charge in [-0.3, -0.25) is 4.79 Å². The predicted octanol–water partition coefficient (Wildman–Crippen LogP) is 3.87. The van der Waals surface area contributed by atoms with E-state index >= 15 is 0 Å². The highest BCUT2D eigenvalue weighted by Gasteiger charge is 2.38. The van der Waals surface area contributed by atoms with Gasteiger partial charge in [0.25, 0.3) is 5.91 Å². The van der Waals surface area contributed by atoms with E-state index in [-0.39, 0.29) is 36.9 Å². The molecule has 1 heterocycles. The number of hydrogen-bond acceptors (Lipinski definition) is 5. The van der Waals surface area contributed by atoms with Crippen molar-refractivity contribution in [3.63, 3.8) is 0 Å². The van der Waals surface area contributed by atoms with E-state index in [1.54, 1.807) is 0 Å². The fourth-order valence-corrected chi connectivity index (χ4v) is 3.71. The average Bonchev–Trinajstić information content (AvgIpc) is 2.77. The predicted molar refractivity (Wildman–Crippen MR) is 107 cm³/mol. The van der Waals surface area contributed by atoms with Crippen LogP contribution in [-0.4, -0.2) is 54.7 Å². The number of hydrogen-bond donors (Lipinski definition) is 2. The van der Waals surface area contributed by atoms with Gasteiger partial charge in [-0.1, -0.05) is 6.07 Å². The van der Waals surface area contributed by atoms with Gasteiger partial charge in [-0.2, -0.15) is 26.3 Å². The smallest absolute Gasteiger partial charge is 0.416 e. The number of ether oxygens (including phenoxy) is 1. The molecule has 0 spiro atoms. The molecule has 34 heavy (non-hydrogen) atoms. The van der Waals surface area contributed by atoms with Crippen molar-refractivity contribution in [1.82, 2.24) is 10.2 Å². The first kappa shape index (κ1) is 25.3. The summed E-state index contributed by atoms with van der Waals surface area (Å²) in [5, 5.41) is 13.1. The number of phenols is 1. The number of halogens is 6. The third-order valence-electron chi connectivity index (χ3n) is 5.38. The zero-order valence-electron chi connectivity index (χ0n) is 17.8. The molecule has 184 valence electrons. The number of aromatic hydroxyl groups is 1. The zero-order valence-corrected chi connectivity index (χ0v) is 17.8. The number of phenolic OH excluding ortho intramolecular Hbond substituents is 1. The molecule has 1 atom stereocenters. The number of alkyl halides is 6. The molecule has 1 fully saturated rings. The SMILES string of the molecule is COC(=O)c1ccc(C[C@@H]2CNCCN2C(=O)c2cc(C(F)(F)F)cc(C(F)(F)F)c2)cc1O. The second-order valence-corrected chi connectivity index (χ2v) is 7.70. The molecule has 12 heteroatoms. The molecule has 0 bridgehead atoms. The number of nitrogens with one attached hydrogen (secondary N) is 1. The third kappa shape index (κ3) is 5.61. The number of rotatable bonds is 4. The van der Waals surface area contributed by atoms with E-state index in [0.717, 1.165) is 7.11 Å². The molecule has 2 aromatic rings. The van der Waals surface area contributed by atoms with Crippen molar-refractivity contribution in [2.24, 2.45) is 0 Å². The van der Waals surface area contributed by atoms with Gasteiger partial charge in [-0.15, -0.1) is 0 Å². The Morgan fingerprint density at radius 2 is 1.68 bits per heavy atom. The maximum atomic E-state index is 13.2. The van der Waals surface area contributed by atoms with Gasteiger partial charge < -0.3 is 20.1 Å². The van der Waals surface area contributed by atoms with Crippen LogP contribution >= 0.6 is 0 Å². The van der Waals surface area contributed by atoms with Gasteiger partial charge in [-0.05, 0) is 42.3 Å². The van der Waals surface area contributed by atoms with Gasteiger partial charge in [-0.25, -0.2) is 4.79 Å². The topological polar surface area (TPSA) is 78.9 Å². The molecule has 0 radical (unpaired) electrons. The second-order valence-electron chi connectivity index (χ2n) is 7.70. The Morgan fingerprint density at radius 3 is 2.21 bits per heavy atom. The fraction of sp³-hybridized carbons (Fsp3) is 0.364. The van der Waals surface area contributed by atoms with Gasteiger partial charge in [0.1, 0.15) is 11.3 Å². The summed E-state index contributed by atoms with van der Waals surface area (Å²) in [6.45, 7) is 0.559. The zero-order chi connectivity index (χ0) is 25.3. The molecular weight excluding hydrogens is 470 g/mol. The number of esters is 1. The van der Waals surface area contributed by atoms with Crippen LogP contribution in [0.2, 0.25) is 0 Å². The number of nitrogens with zero attached hydrogens (tertiary/aromatic N) is 1. The molecule has 1 aliphatic rings. The first-order chi connectivity index (χ1) is 15.8. The number of amides is 1. The van der Waals surface area contributed by atoms with Gasteiger partial charge in [0.15, 0.2) is 0 Å². The molecule has 1 aliphatic heterocycles. The van der Waals surface area contributed by atoms with Crippen molar-refractivity contribution < 1.29 is 45.8 Å². The Labute approximate surface area is 190 Å². The maximum Gasteiger partial charge on any atom is 0.416 e. The van der Waals surface area contributed by atoms with Crippen LogP contribution in [0.4, 0.5) is 26.3 Å². The first-order valence-corrected chi connectivity index (χ1v) is 10.0. The van der Waals surface area contributed by atoms with E-state index < -0.39 is 47.0 Å². The van der Waals surface area contributed by atoms with Crippen LogP contribution in [0.25, 0.3) is 0 Å². The Kier molecular flexibility index (Phi) is 7.10. The first-order valence-electron chi connectivity index (χ1n) is 10.0. The summed E-state index contributed by atoms with van der Waals surface area (Å²) < 4.78 is 83.7. The molecule has 1 amide bonds. The molecular formula is C22H20F6N2O4. The molecule has 6 nitrogen and oxygen atoms in total. The molecule has 3 rings (SSSR count).